The number of benzene rings is 1. The Hall–Kier alpha value is -2.42. The molecule has 0 radical (unpaired) electrons. The van der Waals surface area contributed by atoms with Crippen LogP contribution < -0.4 is 16.1 Å². The van der Waals surface area contributed by atoms with Crippen molar-refractivity contribution in [2.45, 2.75) is 25.4 Å². The number of hydrogen-bond acceptors (Lipinski definition) is 4. The van der Waals surface area contributed by atoms with Gasteiger partial charge in [-0.2, -0.15) is 0 Å². The number of carbonyl (C=O) groups is 1. The topological polar surface area (TPSA) is 78.4 Å². The number of hydrogen-bond donors (Lipinski definition) is 1. The van der Waals surface area contributed by atoms with E-state index in [9.17, 15) is 18.8 Å². The van der Waals surface area contributed by atoms with Crippen molar-refractivity contribution in [3.63, 3.8) is 0 Å². The first kappa shape index (κ1) is 19.3. The first-order valence-corrected chi connectivity index (χ1v) is 9.40. The molecule has 0 bridgehead atoms. The average Bonchev–Trinajstić information content (AvgIpc) is 2.66. The summed E-state index contributed by atoms with van der Waals surface area (Å²) in [6.45, 7) is 1.39. The number of aromatic nitrogens is 2. The van der Waals surface area contributed by atoms with Crippen LogP contribution in [0.15, 0.2) is 44.5 Å². The highest BCUT2D eigenvalue weighted by atomic mass is 79.9. The van der Waals surface area contributed by atoms with E-state index in [-0.39, 0.29) is 28.8 Å². The first-order chi connectivity index (χ1) is 12.8. The zero-order chi connectivity index (χ0) is 19.6. The van der Waals surface area contributed by atoms with E-state index in [1.165, 1.54) is 22.9 Å². The molecule has 0 spiro atoms. The molecule has 0 aliphatic carbocycles. The van der Waals surface area contributed by atoms with E-state index in [0.29, 0.717) is 0 Å². The molecule has 1 amide bonds. The van der Waals surface area contributed by atoms with Gasteiger partial charge in [-0.05, 0) is 53.0 Å². The van der Waals surface area contributed by atoms with E-state index in [2.05, 4.69) is 25.8 Å². The number of H-pyrrole nitrogens is 1. The number of piperidine rings is 1. The first-order valence-electron chi connectivity index (χ1n) is 8.60. The van der Waals surface area contributed by atoms with Gasteiger partial charge in [0, 0.05) is 38.1 Å². The van der Waals surface area contributed by atoms with Crippen LogP contribution in [0.5, 0.6) is 0 Å². The maximum Gasteiger partial charge on any atom is 0.328 e. The van der Waals surface area contributed by atoms with Crippen LogP contribution in [0.25, 0.3) is 0 Å². The van der Waals surface area contributed by atoms with Gasteiger partial charge in [0.05, 0.1) is 4.47 Å². The van der Waals surface area contributed by atoms with Crippen molar-refractivity contribution in [3.8, 4) is 0 Å². The molecule has 1 aliphatic rings. The number of halogens is 2. The highest BCUT2D eigenvalue weighted by Crippen LogP contribution is 2.22. The molecule has 7 nitrogen and oxygen atoms in total. The summed E-state index contributed by atoms with van der Waals surface area (Å²) < 4.78 is 14.4. The van der Waals surface area contributed by atoms with Crippen molar-refractivity contribution in [1.29, 1.82) is 0 Å². The molecule has 1 aromatic heterocycles. The Morgan fingerprint density at radius 3 is 2.52 bits per heavy atom. The van der Waals surface area contributed by atoms with Gasteiger partial charge in [-0.1, -0.05) is 0 Å². The van der Waals surface area contributed by atoms with Gasteiger partial charge in [-0.3, -0.25) is 19.1 Å². The maximum absolute atomic E-state index is 13.1. The summed E-state index contributed by atoms with van der Waals surface area (Å²) in [6.07, 6.45) is 2.89. The lowest BCUT2D eigenvalue weighted by atomic mass is 10.0. The van der Waals surface area contributed by atoms with Gasteiger partial charge >= 0.3 is 5.69 Å². The van der Waals surface area contributed by atoms with Crippen molar-refractivity contribution >= 4 is 27.5 Å². The number of nitrogens with zero attached hydrogens (tertiary/aromatic N) is 3. The summed E-state index contributed by atoms with van der Waals surface area (Å²) in [5.41, 5.74) is -0.172. The van der Waals surface area contributed by atoms with Crippen molar-refractivity contribution in [2.24, 2.45) is 0 Å². The number of likely N-dealkylation sites (N-methyl/N-ethyl adjacent to an activating group) is 1. The quantitative estimate of drug-likeness (QED) is 0.785. The molecule has 3 rings (SSSR count). The zero-order valence-corrected chi connectivity index (χ0v) is 16.4. The molecule has 0 atom stereocenters. The van der Waals surface area contributed by atoms with E-state index >= 15 is 0 Å². The minimum Gasteiger partial charge on any atom is -0.371 e. The Morgan fingerprint density at radius 2 is 1.89 bits per heavy atom. The fourth-order valence-electron chi connectivity index (χ4n) is 3.22. The van der Waals surface area contributed by atoms with Crippen LogP contribution >= 0.6 is 15.9 Å². The molecule has 0 saturated carbocycles. The maximum atomic E-state index is 13.1. The van der Waals surface area contributed by atoms with Crippen LogP contribution in [0, 0.1) is 5.82 Å². The second-order valence-electron chi connectivity index (χ2n) is 6.56. The van der Waals surface area contributed by atoms with Crippen LogP contribution in [-0.4, -0.2) is 46.5 Å². The zero-order valence-electron chi connectivity index (χ0n) is 14.8. The number of carbonyl (C=O) groups excluding carboxylic acids is 1. The number of rotatable bonds is 4. The molecule has 2 aromatic rings. The van der Waals surface area contributed by atoms with Gasteiger partial charge in [0.1, 0.15) is 12.4 Å². The molecule has 1 aromatic carbocycles. The Bertz CT molecular complexity index is 933. The van der Waals surface area contributed by atoms with Crippen LogP contribution in [0.4, 0.5) is 10.1 Å². The highest BCUT2D eigenvalue weighted by molar-refractivity contribution is 9.10. The Labute approximate surface area is 163 Å². The lowest BCUT2D eigenvalue weighted by Gasteiger charge is -2.38. The van der Waals surface area contributed by atoms with Crippen LogP contribution in [0.1, 0.15) is 12.8 Å². The molecule has 1 saturated heterocycles. The standard InChI is InChI=1S/C18H20BrFN4O3/c1-22(16(25)11-24-10-15(19)17(26)21-18(24)27)13-6-8-23(9-7-13)14-4-2-12(20)3-5-14/h2-5,10,13H,6-9,11H2,1H3,(H,21,26,27). The summed E-state index contributed by atoms with van der Waals surface area (Å²) >= 11 is 3.06. The highest BCUT2D eigenvalue weighted by Gasteiger charge is 2.25. The van der Waals surface area contributed by atoms with E-state index in [4.69, 9.17) is 0 Å². The van der Waals surface area contributed by atoms with Gasteiger partial charge in [0.2, 0.25) is 5.91 Å². The predicted molar refractivity (Wildman–Crippen MR) is 103 cm³/mol. The molecule has 2 heterocycles. The summed E-state index contributed by atoms with van der Waals surface area (Å²) in [5, 5.41) is 0. The minimum atomic E-state index is -0.615. The molecular weight excluding hydrogens is 419 g/mol. The number of nitrogens with one attached hydrogen (secondary N) is 1. The molecule has 0 unspecified atom stereocenters. The van der Waals surface area contributed by atoms with Gasteiger partial charge in [-0.25, -0.2) is 9.18 Å². The van der Waals surface area contributed by atoms with Crippen molar-refractivity contribution < 1.29 is 9.18 Å². The fourth-order valence-corrected chi connectivity index (χ4v) is 3.57. The minimum absolute atomic E-state index is 0.0658. The molecule has 144 valence electrons. The third kappa shape index (κ3) is 4.47. The lowest BCUT2D eigenvalue weighted by Crippen LogP contribution is -2.47. The molecular formula is C18H20BrFN4O3. The number of amides is 1. The van der Waals surface area contributed by atoms with Crippen molar-refractivity contribution in [3.05, 3.63) is 61.6 Å². The van der Waals surface area contributed by atoms with Crippen LogP contribution in [0.3, 0.4) is 0 Å². The molecule has 1 aliphatic heterocycles. The van der Waals surface area contributed by atoms with E-state index in [1.807, 2.05) is 0 Å². The van der Waals surface area contributed by atoms with Gasteiger partial charge < -0.3 is 9.80 Å². The second-order valence-corrected chi connectivity index (χ2v) is 7.42. The number of aromatic amines is 1. The monoisotopic (exact) mass is 438 g/mol. The van der Waals surface area contributed by atoms with E-state index in [0.717, 1.165) is 31.6 Å². The Morgan fingerprint density at radius 1 is 1.26 bits per heavy atom. The summed E-state index contributed by atoms with van der Waals surface area (Å²) in [7, 11) is 1.73. The molecule has 1 N–H and O–H groups in total. The smallest absolute Gasteiger partial charge is 0.328 e. The molecule has 27 heavy (non-hydrogen) atoms. The molecule has 1 fully saturated rings. The van der Waals surface area contributed by atoms with Crippen LogP contribution in [0.2, 0.25) is 0 Å². The third-order valence-electron chi connectivity index (χ3n) is 4.87. The van der Waals surface area contributed by atoms with Gasteiger partial charge in [0.25, 0.3) is 5.56 Å². The Balaban J connectivity index is 1.60. The van der Waals surface area contributed by atoms with Crippen LogP contribution in [-0.2, 0) is 11.3 Å². The second kappa shape index (κ2) is 8.08. The van der Waals surface area contributed by atoms with E-state index in [1.54, 1.807) is 24.1 Å². The normalized spacial score (nSPS) is 15.0. The lowest BCUT2D eigenvalue weighted by molar-refractivity contribution is -0.133. The fraction of sp³-hybridized carbons (Fsp3) is 0.389. The van der Waals surface area contributed by atoms with Gasteiger partial charge in [0.15, 0.2) is 0 Å². The summed E-state index contributed by atoms with van der Waals surface area (Å²) in [5.74, 6) is -0.459. The summed E-state index contributed by atoms with van der Waals surface area (Å²) in [6, 6.07) is 6.46. The third-order valence-corrected chi connectivity index (χ3v) is 5.44. The predicted octanol–water partition coefficient (Wildman–Crippen LogP) is 1.57. The van der Waals surface area contributed by atoms with E-state index < -0.39 is 11.2 Å². The van der Waals surface area contributed by atoms with Crippen molar-refractivity contribution in [1.82, 2.24) is 14.5 Å². The SMILES string of the molecule is CN(C(=O)Cn1cc(Br)c(=O)[nH]c1=O)C1CCN(c2ccc(F)cc2)CC1. The van der Waals surface area contributed by atoms with Gasteiger partial charge in [-0.15, -0.1) is 0 Å². The van der Waals surface area contributed by atoms with Crippen molar-refractivity contribution in [2.75, 3.05) is 25.0 Å². The molecule has 9 heteroatoms. The average molecular weight is 439 g/mol. The summed E-state index contributed by atoms with van der Waals surface area (Å²) in [4.78, 5) is 41.8. The largest absolute Gasteiger partial charge is 0.371 e. The number of anilines is 1. The Kier molecular flexibility index (Phi) is 5.79.